The highest BCUT2D eigenvalue weighted by molar-refractivity contribution is 6.39. The van der Waals surface area contributed by atoms with E-state index in [1.165, 1.54) is 6.33 Å². The van der Waals surface area contributed by atoms with Crippen molar-refractivity contribution in [2.45, 2.75) is 6.42 Å². The normalized spacial score (nSPS) is 10.8. The lowest BCUT2D eigenvalue weighted by atomic mass is 10.0. The highest BCUT2D eigenvalue weighted by atomic mass is 35.5. The number of nitrogens with one attached hydrogen (secondary N) is 1. The highest BCUT2D eigenvalue weighted by Gasteiger charge is 2.25. The maximum atomic E-state index is 12.7. The van der Waals surface area contributed by atoms with E-state index in [1.807, 2.05) is 6.07 Å². The molecule has 2 aromatic heterocycles. The highest BCUT2D eigenvalue weighted by Crippen LogP contribution is 2.42. The second kappa shape index (κ2) is 8.83. The Labute approximate surface area is 186 Å². The van der Waals surface area contributed by atoms with E-state index in [1.54, 1.807) is 48.7 Å². The van der Waals surface area contributed by atoms with Gasteiger partial charge < -0.3 is 4.52 Å². The van der Waals surface area contributed by atoms with Crippen LogP contribution in [0.15, 0.2) is 65.6 Å². The Hall–Kier alpha value is -2.93. The van der Waals surface area contributed by atoms with Crippen molar-refractivity contribution < 1.29 is 9.32 Å². The maximum absolute atomic E-state index is 12.7. The average Bonchev–Trinajstić information content (AvgIpc) is 3.13. The molecule has 9 heteroatoms. The third kappa shape index (κ3) is 4.16. The van der Waals surface area contributed by atoms with Gasteiger partial charge in [0.05, 0.1) is 27.7 Å². The summed E-state index contributed by atoms with van der Waals surface area (Å²) in [6.07, 6.45) is 3.02. The van der Waals surface area contributed by atoms with Crippen LogP contribution in [0.3, 0.4) is 0 Å². The number of aromatic nitrogens is 3. The minimum absolute atomic E-state index is 0.0613. The van der Waals surface area contributed by atoms with Gasteiger partial charge in [0.1, 0.15) is 12.0 Å². The lowest BCUT2D eigenvalue weighted by Crippen LogP contribution is -2.14. The number of rotatable bonds is 5. The Morgan fingerprint density at radius 2 is 1.67 bits per heavy atom. The van der Waals surface area contributed by atoms with Gasteiger partial charge in [0, 0.05) is 16.8 Å². The van der Waals surface area contributed by atoms with Crippen LogP contribution < -0.4 is 5.32 Å². The van der Waals surface area contributed by atoms with Gasteiger partial charge in [-0.3, -0.25) is 10.1 Å². The number of hydrogen-bond donors (Lipinski definition) is 1. The Balaban J connectivity index is 1.75. The molecular formula is C21H13Cl3N4O2. The van der Waals surface area contributed by atoms with Gasteiger partial charge in [0.2, 0.25) is 11.8 Å². The fourth-order valence-electron chi connectivity index (χ4n) is 2.93. The van der Waals surface area contributed by atoms with Crippen molar-refractivity contribution in [2.75, 3.05) is 5.32 Å². The molecule has 1 amide bonds. The number of halogens is 3. The van der Waals surface area contributed by atoms with Gasteiger partial charge in [-0.15, -0.1) is 0 Å². The molecule has 0 aliphatic heterocycles. The number of benzene rings is 2. The monoisotopic (exact) mass is 458 g/mol. The van der Waals surface area contributed by atoms with Crippen molar-refractivity contribution in [3.8, 4) is 22.5 Å². The summed E-state index contributed by atoms with van der Waals surface area (Å²) in [7, 11) is 0. The van der Waals surface area contributed by atoms with Crippen LogP contribution in [-0.2, 0) is 11.2 Å². The summed E-state index contributed by atoms with van der Waals surface area (Å²) >= 11 is 18.9. The molecule has 0 spiro atoms. The first-order chi connectivity index (χ1) is 14.5. The van der Waals surface area contributed by atoms with Crippen LogP contribution in [0, 0.1) is 0 Å². The van der Waals surface area contributed by atoms with Gasteiger partial charge in [-0.2, -0.15) is 0 Å². The zero-order valence-electron chi connectivity index (χ0n) is 15.3. The average molecular weight is 460 g/mol. The van der Waals surface area contributed by atoms with E-state index in [0.29, 0.717) is 43.1 Å². The Bertz CT molecular complexity index is 1190. The molecule has 1 N–H and O–H groups in total. The number of amides is 1. The van der Waals surface area contributed by atoms with E-state index in [2.05, 4.69) is 20.4 Å². The van der Waals surface area contributed by atoms with Crippen molar-refractivity contribution in [1.82, 2.24) is 15.1 Å². The number of carbonyl (C=O) groups excluding carboxylic acids is 1. The van der Waals surface area contributed by atoms with E-state index in [0.717, 1.165) is 0 Å². The number of nitrogens with zero attached hydrogens (tertiary/aromatic N) is 3. The summed E-state index contributed by atoms with van der Waals surface area (Å²) < 4.78 is 5.46. The van der Waals surface area contributed by atoms with Gasteiger partial charge >= 0.3 is 0 Å². The summed E-state index contributed by atoms with van der Waals surface area (Å²) in [6.45, 7) is 0. The van der Waals surface area contributed by atoms with Crippen LogP contribution in [0.25, 0.3) is 22.5 Å². The molecule has 4 aromatic rings. The zero-order chi connectivity index (χ0) is 21.1. The van der Waals surface area contributed by atoms with Crippen molar-refractivity contribution in [3.63, 3.8) is 0 Å². The van der Waals surface area contributed by atoms with Gasteiger partial charge in [0.25, 0.3) is 0 Å². The van der Waals surface area contributed by atoms with Gasteiger partial charge in [-0.05, 0) is 29.8 Å². The van der Waals surface area contributed by atoms with E-state index >= 15 is 0 Å². The van der Waals surface area contributed by atoms with Crippen LogP contribution in [0.1, 0.15) is 5.56 Å². The predicted octanol–water partition coefficient (Wildman–Crippen LogP) is 5.94. The molecule has 0 atom stereocenters. The summed E-state index contributed by atoms with van der Waals surface area (Å²) in [5.41, 5.74) is 2.46. The SMILES string of the molecule is O=C(Cc1ccccc1Cl)Nc1onc(-c2c(Cl)cccc2Cl)c1-c1ccncn1. The molecule has 0 radical (unpaired) electrons. The molecule has 0 fully saturated rings. The molecule has 6 nitrogen and oxygen atoms in total. The zero-order valence-corrected chi connectivity index (χ0v) is 17.5. The predicted molar refractivity (Wildman–Crippen MR) is 117 cm³/mol. The second-order valence-electron chi connectivity index (χ2n) is 6.24. The van der Waals surface area contributed by atoms with Crippen LogP contribution in [0.4, 0.5) is 5.88 Å². The Morgan fingerprint density at radius 3 is 2.37 bits per heavy atom. The summed E-state index contributed by atoms with van der Waals surface area (Å²) in [6, 6.07) is 13.9. The van der Waals surface area contributed by atoms with Crippen LogP contribution >= 0.6 is 34.8 Å². The molecule has 30 heavy (non-hydrogen) atoms. The first kappa shape index (κ1) is 20.3. The standard InChI is InChI=1S/C21H13Cl3N4O2/c22-13-5-2-1-4-12(13)10-17(29)27-21-19(16-8-9-25-11-26-16)20(28-30-21)18-14(23)6-3-7-15(18)24/h1-9,11H,10H2,(H,27,29). The third-order valence-electron chi connectivity index (χ3n) is 4.29. The summed E-state index contributed by atoms with van der Waals surface area (Å²) in [5.74, 6) is -0.205. The van der Waals surface area contributed by atoms with Crippen molar-refractivity contribution >= 4 is 46.6 Å². The number of hydrogen-bond acceptors (Lipinski definition) is 5. The quantitative estimate of drug-likeness (QED) is 0.399. The Morgan fingerprint density at radius 1 is 0.933 bits per heavy atom. The molecule has 2 aromatic carbocycles. The first-order valence-corrected chi connectivity index (χ1v) is 9.91. The molecule has 0 aliphatic rings. The van der Waals surface area contributed by atoms with E-state index in [4.69, 9.17) is 39.3 Å². The first-order valence-electron chi connectivity index (χ1n) is 8.78. The lowest BCUT2D eigenvalue weighted by molar-refractivity contribution is -0.115. The van der Waals surface area contributed by atoms with Crippen molar-refractivity contribution in [2.24, 2.45) is 0 Å². The molecule has 0 aliphatic carbocycles. The Kier molecular flexibility index (Phi) is 5.99. The van der Waals surface area contributed by atoms with Crippen LogP contribution in [0.2, 0.25) is 15.1 Å². The van der Waals surface area contributed by atoms with E-state index in [9.17, 15) is 4.79 Å². The van der Waals surface area contributed by atoms with E-state index in [-0.39, 0.29) is 18.2 Å². The molecule has 0 bridgehead atoms. The van der Waals surface area contributed by atoms with Gasteiger partial charge in [-0.1, -0.05) is 64.2 Å². The second-order valence-corrected chi connectivity index (χ2v) is 7.46. The molecule has 4 rings (SSSR count). The van der Waals surface area contributed by atoms with Crippen LogP contribution in [-0.4, -0.2) is 21.0 Å². The lowest BCUT2D eigenvalue weighted by Gasteiger charge is -2.08. The minimum atomic E-state index is -0.327. The summed E-state index contributed by atoms with van der Waals surface area (Å²) in [5, 5.41) is 8.14. The fraction of sp³-hybridized carbons (Fsp3) is 0.0476. The minimum Gasteiger partial charge on any atom is -0.337 e. The molecular weight excluding hydrogens is 447 g/mol. The maximum Gasteiger partial charge on any atom is 0.241 e. The number of carbonyl (C=O) groups is 1. The molecule has 0 saturated carbocycles. The van der Waals surface area contributed by atoms with Crippen molar-refractivity contribution in [1.29, 1.82) is 0 Å². The van der Waals surface area contributed by atoms with Gasteiger partial charge in [0.15, 0.2) is 0 Å². The van der Waals surface area contributed by atoms with Gasteiger partial charge in [-0.25, -0.2) is 9.97 Å². The fourth-order valence-corrected chi connectivity index (χ4v) is 3.71. The van der Waals surface area contributed by atoms with Crippen molar-refractivity contribution in [3.05, 3.63) is 81.7 Å². The number of anilines is 1. The molecule has 0 saturated heterocycles. The van der Waals surface area contributed by atoms with E-state index < -0.39 is 0 Å². The topological polar surface area (TPSA) is 80.9 Å². The largest absolute Gasteiger partial charge is 0.337 e. The van der Waals surface area contributed by atoms with Crippen LogP contribution in [0.5, 0.6) is 0 Å². The summed E-state index contributed by atoms with van der Waals surface area (Å²) in [4.78, 5) is 20.9. The smallest absolute Gasteiger partial charge is 0.241 e. The molecule has 150 valence electrons. The molecule has 0 unspecified atom stereocenters. The third-order valence-corrected chi connectivity index (χ3v) is 5.29. The molecule has 2 heterocycles.